The minimum absolute atomic E-state index is 0.0785. The number of amides is 1. The van der Waals surface area contributed by atoms with Gasteiger partial charge in [-0.05, 0) is 57.3 Å². The standard InChI is InChI=1S/C16H22F2N2O/c1-11(16-13(17)5-2-6-14(16)18)20-15(21)8-7-12-4-3-9-19-10-12/h2,5-6,11-12,19H,3-4,7-10H2,1H3,(H,20,21). The van der Waals surface area contributed by atoms with Gasteiger partial charge in [0, 0.05) is 12.0 Å². The van der Waals surface area contributed by atoms with Gasteiger partial charge < -0.3 is 10.6 Å². The predicted molar refractivity (Wildman–Crippen MR) is 77.7 cm³/mol. The number of piperidine rings is 1. The summed E-state index contributed by atoms with van der Waals surface area (Å²) in [5.41, 5.74) is -0.0785. The predicted octanol–water partition coefficient (Wildman–Crippen LogP) is 2.92. The van der Waals surface area contributed by atoms with Crippen molar-refractivity contribution in [3.63, 3.8) is 0 Å². The Morgan fingerprint density at radius 3 is 2.76 bits per heavy atom. The molecule has 1 saturated heterocycles. The Morgan fingerprint density at radius 2 is 2.14 bits per heavy atom. The average Bonchev–Trinajstić information content (AvgIpc) is 2.46. The number of rotatable bonds is 5. The van der Waals surface area contributed by atoms with Gasteiger partial charge in [0.25, 0.3) is 0 Å². The molecule has 2 unspecified atom stereocenters. The summed E-state index contributed by atoms with van der Waals surface area (Å²) in [6, 6.07) is 3.06. The minimum atomic E-state index is -0.664. The molecule has 1 aromatic carbocycles. The number of hydrogen-bond acceptors (Lipinski definition) is 2. The van der Waals surface area contributed by atoms with Crippen LogP contribution in [0.1, 0.15) is 44.2 Å². The molecule has 2 rings (SSSR count). The maximum Gasteiger partial charge on any atom is 0.220 e. The van der Waals surface area contributed by atoms with Crippen LogP contribution in [0.4, 0.5) is 8.78 Å². The maximum atomic E-state index is 13.6. The summed E-state index contributed by atoms with van der Waals surface area (Å²) in [4.78, 5) is 11.9. The van der Waals surface area contributed by atoms with Crippen molar-refractivity contribution in [1.82, 2.24) is 10.6 Å². The highest BCUT2D eigenvalue weighted by Crippen LogP contribution is 2.21. The first-order valence-corrected chi connectivity index (χ1v) is 7.52. The van der Waals surface area contributed by atoms with Crippen LogP contribution < -0.4 is 10.6 Å². The van der Waals surface area contributed by atoms with Gasteiger partial charge in [-0.25, -0.2) is 8.78 Å². The molecule has 1 fully saturated rings. The second-order valence-electron chi connectivity index (χ2n) is 5.68. The van der Waals surface area contributed by atoms with Crippen LogP contribution in [0.2, 0.25) is 0 Å². The Labute approximate surface area is 124 Å². The Balaban J connectivity index is 1.84. The van der Waals surface area contributed by atoms with E-state index in [0.717, 1.165) is 32.4 Å². The van der Waals surface area contributed by atoms with Gasteiger partial charge in [0.05, 0.1) is 6.04 Å². The molecule has 2 atom stereocenters. The van der Waals surface area contributed by atoms with Crippen molar-refractivity contribution in [2.45, 2.75) is 38.6 Å². The molecular formula is C16H22F2N2O. The number of benzene rings is 1. The van der Waals surface area contributed by atoms with Crippen LogP contribution in [0.25, 0.3) is 0 Å². The van der Waals surface area contributed by atoms with E-state index in [2.05, 4.69) is 10.6 Å². The molecule has 3 nitrogen and oxygen atoms in total. The largest absolute Gasteiger partial charge is 0.349 e. The summed E-state index contributed by atoms with van der Waals surface area (Å²) in [6.45, 7) is 3.60. The van der Waals surface area contributed by atoms with Crippen LogP contribution in [0.5, 0.6) is 0 Å². The summed E-state index contributed by atoms with van der Waals surface area (Å²) in [7, 11) is 0. The molecule has 1 amide bonds. The molecule has 0 aliphatic carbocycles. The highest BCUT2D eigenvalue weighted by Gasteiger charge is 2.19. The number of halogens is 2. The molecule has 21 heavy (non-hydrogen) atoms. The van der Waals surface area contributed by atoms with E-state index in [1.165, 1.54) is 18.2 Å². The van der Waals surface area contributed by atoms with Crippen molar-refractivity contribution >= 4 is 5.91 Å². The van der Waals surface area contributed by atoms with E-state index >= 15 is 0 Å². The Kier molecular flexibility index (Phi) is 5.67. The first kappa shape index (κ1) is 15.9. The van der Waals surface area contributed by atoms with E-state index in [0.29, 0.717) is 12.3 Å². The van der Waals surface area contributed by atoms with E-state index in [9.17, 15) is 13.6 Å². The molecule has 0 bridgehead atoms. The molecule has 1 aromatic rings. The van der Waals surface area contributed by atoms with E-state index in [1.54, 1.807) is 6.92 Å². The lowest BCUT2D eigenvalue weighted by molar-refractivity contribution is -0.122. The minimum Gasteiger partial charge on any atom is -0.349 e. The Morgan fingerprint density at radius 1 is 1.43 bits per heavy atom. The highest BCUT2D eigenvalue weighted by atomic mass is 19.1. The van der Waals surface area contributed by atoms with Crippen molar-refractivity contribution in [3.8, 4) is 0 Å². The zero-order valence-corrected chi connectivity index (χ0v) is 12.3. The van der Waals surface area contributed by atoms with Crippen molar-refractivity contribution in [2.24, 2.45) is 5.92 Å². The first-order chi connectivity index (χ1) is 10.1. The third kappa shape index (κ3) is 4.49. The van der Waals surface area contributed by atoms with E-state index in [-0.39, 0.29) is 11.5 Å². The second-order valence-corrected chi connectivity index (χ2v) is 5.68. The van der Waals surface area contributed by atoms with Crippen molar-refractivity contribution in [3.05, 3.63) is 35.4 Å². The smallest absolute Gasteiger partial charge is 0.220 e. The summed E-state index contributed by atoms with van der Waals surface area (Å²) in [5.74, 6) is -0.890. The normalized spacial score (nSPS) is 20.0. The SMILES string of the molecule is CC(NC(=O)CCC1CCCNC1)c1c(F)cccc1F. The summed E-state index contributed by atoms with van der Waals surface area (Å²) >= 11 is 0. The fourth-order valence-electron chi connectivity index (χ4n) is 2.82. The molecular weight excluding hydrogens is 274 g/mol. The van der Waals surface area contributed by atoms with Crippen LogP contribution in [0, 0.1) is 17.6 Å². The van der Waals surface area contributed by atoms with Crippen LogP contribution >= 0.6 is 0 Å². The van der Waals surface area contributed by atoms with Gasteiger partial charge in [-0.15, -0.1) is 0 Å². The Bertz CT molecular complexity index is 467. The van der Waals surface area contributed by atoms with Crippen molar-refractivity contribution in [2.75, 3.05) is 13.1 Å². The highest BCUT2D eigenvalue weighted by molar-refractivity contribution is 5.76. The van der Waals surface area contributed by atoms with Crippen LogP contribution in [-0.2, 0) is 4.79 Å². The second kappa shape index (κ2) is 7.50. The van der Waals surface area contributed by atoms with E-state index in [1.807, 2.05) is 0 Å². The fraction of sp³-hybridized carbons (Fsp3) is 0.562. The zero-order chi connectivity index (χ0) is 15.2. The van der Waals surface area contributed by atoms with E-state index in [4.69, 9.17) is 0 Å². The van der Waals surface area contributed by atoms with Crippen molar-refractivity contribution < 1.29 is 13.6 Å². The summed E-state index contributed by atoms with van der Waals surface area (Å²) in [5, 5.41) is 5.99. The number of carbonyl (C=O) groups is 1. The van der Waals surface area contributed by atoms with Crippen LogP contribution in [-0.4, -0.2) is 19.0 Å². The number of carbonyl (C=O) groups excluding carboxylic acids is 1. The quantitative estimate of drug-likeness (QED) is 0.877. The van der Waals surface area contributed by atoms with Gasteiger partial charge >= 0.3 is 0 Å². The fourth-order valence-corrected chi connectivity index (χ4v) is 2.82. The van der Waals surface area contributed by atoms with E-state index < -0.39 is 17.7 Å². The molecule has 1 aliphatic rings. The molecule has 0 saturated carbocycles. The van der Waals surface area contributed by atoms with Crippen LogP contribution in [0.3, 0.4) is 0 Å². The number of hydrogen-bond donors (Lipinski definition) is 2. The summed E-state index contributed by atoms with van der Waals surface area (Å²) < 4.78 is 27.3. The van der Waals surface area contributed by atoms with Gasteiger partial charge in [-0.2, -0.15) is 0 Å². The lowest BCUT2D eigenvalue weighted by Gasteiger charge is -2.23. The third-order valence-corrected chi connectivity index (χ3v) is 3.99. The zero-order valence-electron chi connectivity index (χ0n) is 12.3. The first-order valence-electron chi connectivity index (χ1n) is 7.52. The molecule has 2 N–H and O–H groups in total. The lowest BCUT2D eigenvalue weighted by atomic mass is 9.94. The lowest BCUT2D eigenvalue weighted by Crippen LogP contribution is -2.32. The molecule has 1 heterocycles. The average molecular weight is 296 g/mol. The van der Waals surface area contributed by atoms with Gasteiger partial charge in [0.15, 0.2) is 0 Å². The maximum absolute atomic E-state index is 13.6. The number of nitrogens with one attached hydrogen (secondary N) is 2. The van der Waals surface area contributed by atoms with Gasteiger partial charge in [-0.1, -0.05) is 6.07 Å². The Hall–Kier alpha value is -1.49. The van der Waals surface area contributed by atoms with Gasteiger partial charge in [-0.3, -0.25) is 4.79 Å². The third-order valence-electron chi connectivity index (χ3n) is 3.99. The molecule has 1 aliphatic heterocycles. The molecule has 0 radical (unpaired) electrons. The van der Waals surface area contributed by atoms with Crippen LogP contribution in [0.15, 0.2) is 18.2 Å². The van der Waals surface area contributed by atoms with Gasteiger partial charge in [0.1, 0.15) is 11.6 Å². The molecule has 0 spiro atoms. The monoisotopic (exact) mass is 296 g/mol. The molecule has 0 aromatic heterocycles. The molecule has 5 heteroatoms. The molecule has 116 valence electrons. The topological polar surface area (TPSA) is 41.1 Å². The van der Waals surface area contributed by atoms with Gasteiger partial charge in [0.2, 0.25) is 5.91 Å². The summed E-state index contributed by atoms with van der Waals surface area (Å²) in [6.07, 6.45) is 3.49. The van der Waals surface area contributed by atoms with Crippen molar-refractivity contribution in [1.29, 1.82) is 0 Å².